The monoisotopic (exact) mass is 273 g/mol. The van der Waals surface area contributed by atoms with Crippen molar-refractivity contribution in [1.82, 2.24) is 16.0 Å². The van der Waals surface area contributed by atoms with E-state index in [9.17, 15) is 14.4 Å². The predicted octanol–water partition coefficient (Wildman–Crippen LogP) is 0.311. The highest BCUT2D eigenvalue weighted by Crippen LogP contribution is 2.12. The number of carbonyl (C=O) groups is 3. The van der Waals surface area contributed by atoms with Gasteiger partial charge in [-0.05, 0) is 20.3 Å². The zero-order chi connectivity index (χ0) is 15.1. The fourth-order valence-corrected chi connectivity index (χ4v) is 1.48. The van der Waals surface area contributed by atoms with Crippen LogP contribution in [0.1, 0.15) is 33.6 Å². The Morgan fingerprint density at radius 2 is 1.84 bits per heavy atom. The molecule has 1 atom stereocenters. The van der Waals surface area contributed by atoms with Crippen molar-refractivity contribution in [2.45, 2.75) is 39.7 Å². The Balaban J connectivity index is 4.31. The maximum atomic E-state index is 11.6. The van der Waals surface area contributed by atoms with Gasteiger partial charge in [0.1, 0.15) is 6.04 Å². The molecule has 0 rings (SSSR count). The quantitative estimate of drug-likeness (QED) is 0.535. The minimum atomic E-state index is -1.07. The molecular formula is C12H23N3O4. The van der Waals surface area contributed by atoms with Crippen LogP contribution >= 0.6 is 0 Å². The molecule has 0 aliphatic heterocycles. The van der Waals surface area contributed by atoms with Gasteiger partial charge in [-0.1, -0.05) is 13.3 Å². The lowest BCUT2D eigenvalue weighted by Crippen LogP contribution is -2.50. The van der Waals surface area contributed by atoms with Crippen LogP contribution in [0.15, 0.2) is 0 Å². The Bertz CT molecular complexity index is 342. The topological polar surface area (TPSA) is 108 Å². The van der Waals surface area contributed by atoms with Crippen LogP contribution in [0.5, 0.6) is 0 Å². The molecule has 3 amide bonds. The first-order chi connectivity index (χ1) is 8.74. The van der Waals surface area contributed by atoms with Gasteiger partial charge in [-0.2, -0.15) is 0 Å². The van der Waals surface area contributed by atoms with E-state index in [2.05, 4.69) is 16.0 Å². The zero-order valence-electron chi connectivity index (χ0n) is 11.9. The number of urea groups is 1. The Hall–Kier alpha value is -1.79. The lowest BCUT2D eigenvalue weighted by Gasteiger charge is -2.23. The number of amides is 3. The van der Waals surface area contributed by atoms with Gasteiger partial charge in [0, 0.05) is 13.6 Å². The van der Waals surface area contributed by atoms with E-state index in [1.54, 1.807) is 13.8 Å². The first-order valence-corrected chi connectivity index (χ1v) is 6.24. The van der Waals surface area contributed by atoms with E-state index in [1.165, 1.54) is 7.05 Å². The van der Waals surface area contributed by atoms with Crippen molar-refractivity contribution < 1.29 is 19.5 Å². The average molecular weight is 273 g/mol. The molecule has 0 radical (unpaired) electrons. The highest BCUT2D eigenvalue weighted by Gasteiger charge is 2.27. The third-order valence-electron chi connectivity index (χ3n) is 2.71. The number of rotatable bonds is 7. The summed E-state index contributed by atoms with van der Waals surface area (Å²) < 4.78 is 0. The van der Waals surface area contributed by atoms with Crippen LogP contribution in [0.4, 0.5) is 4.79 Å². The molecule has 0 saturated carbocycles. The van der Waals surface area contributed by atoms with Gasteiger partial charge in [0.15, 0.2) is 0 Å². The molecule has 4 N–H and O–H groups in total. The summed E-state index contributed by atoms with van der Waals surface area (Å²) in [5, 5.41) is 16.3. The second-order valence-electron chi connectivity index (χ2n) is 4.97. The van der Waals surface area contributed by atoms with E-state index in [1.807, 2.05) is 6.92 Å². The third kappa shape index (κ3) is 6.08. The maximum absolute atomic E-state index is 11.6. The van der Waals surface area contributed by atoms with Crippen LogP contribution in [-0.4, -0.2) is 42.6 Å². The van der Waals surface area contributed by atoms with E-state index in [4.69, 9.17) is 5.11 Å². The number of hydrogen-bond acceptors (Lipinski definition) is 3. The normalized spacial score (nSPS) is 12.4. The van der Waals surface area contributed by atoms with Gasteiger partial charge in [-0.25, -0.2) is 9.59 Å². The third-order valence-corrected chi connectivity index (χ3v) is 2.71. The molecule has 0 aliphatic carbocycles. The van der Waals surface area contributed by atoms with Crippen molar-refractivity contribution in [3.8, 4) is 0 Å². The van der Waals surface area contributed by atoms with Gasteiger partial charge in [0.25, 0.3) is 0 Å². The van der Waals surface area contributed by atoms with Crippen LogP contribution in [0.3, 0.4) is 0 Å². The lowest BCUT2D eigenvalue weighted by molar-refractivity contribution is -0.139. The van der Waals surface area contributed by atoms with Crippen LogP contribution in [0.25, 0.3) is 0 Å². The largest absolute Gasteiger partial charge is 0.480 e. The summed E-state index contributed by atoms with van der Waals surface area (Å²) in [6, 6.07) is -1.49. The molecule has 0 aromatic rings. The van der Waals surface area contributed by atoms with Crippen molar-refractivity contribution in [3.05, 3.63) is 0 Å². The van der Waals surface area contributed by atoms with Crippen LogP contribution < -0.4 is 16.0 Å². The molecule has 0 heterocycles. The Kier molecular flexibility index (Phi) is 6.89. The second kappa shape index (κ2) is 7.60. The molecule has 0 aromatic carbocycles. The summed E-state index contributed by atoms with van der Waals surface area (Å²) in [5.41, 5.74) is -0.754. The summed E-state index contributed by atoms with van der Waals surface area (Å²) in [4.78, 5) is 33.9. The van der Waals surface area contributed by atoms with Crippen molar-refractivity contribution >= 4 is 17.9 Å². The Morgan fingerprint density at radius 3 is 2.26 bits per heavy atom. The number of carbonyl (C=O) groups excluding carboxylic acids is 2. The van der Waals surface area contributed by atoms with Gasteiger partial charge in [0.2, 0.25) is 5.91 Å². The molecule has 110 valence electrons. The van der Waals surface area contributed by atoms with E-state index in [0.29, 0.717) is 12.8 Å². The molecule has 1 unspecified atom stereocenters. The standard InChI is InChI=1S/C12H23N3O4/c1-5-6-8(9(16)17)15-11(19)14-7-12(2,3)10(18)13-4/h8H,5-7H2,1-4H3,(H,13,18)(H,16,17)(H2,14,15,19). The smallest absolute Gasteiger partial charge is 0.326 e. The first kappa shape index (κ1) is 17.2. The van der Waals surface area contributed by atoms with Gasteiger partial charge in [-0.3, -0.25) is 4.79 Å². The molecule has 0 aromatic heterocycles. The molecule has 0 fully saturated rings. The number of nitrogens with one attached hydrogen (secondary N) is 3. The summed E-state index contributed by atoms with van der Waals surface area (Å²) in [7, 11) is 1.52. The molecule has 7 heteroatoms. The van der Waals surface area contributed by atoms with Crippen molar-refractivity contribution in [3.63, 3.8) is 0 Å². The van der Waals surface area contributed by atoms with E-state index < -0.39 is 23.5 Å². The van der Waals surface area contributed by atoms with E-state index in [-0.39, 0.29) is 12.5 Å². The minimum Gasteiger partial charge on any atom is -0.480 e. The highest BCUT2D eigenvalue weighted by molar-refractivity contribution is 5.84. The van der Waals surface area contributed by atoms with Crippen LogP contribution in [-0.2, 0) is 9.59 Å². The summed E-state index contributed by atoms with van der Waals surface area (Å²) >= 11 is 0. The van der Waals surface area contributed by atoms with E-state index in [0.717, 1.165) is 0 Å². The number of carboxylic acid groups (broad SMARTS) is 1. The predicted molar refractivity (Wildman–Crippen MR) is 70.7 cm³/mol. The summed E-state index contributed by atoms with van der Waals surface area (Å²) in [6.45, 7) is 5.33. The number of carboxylic acids is 1. The molecule has 7 nitrogen and oxygen atoms in total. The molecule has 19 heavy (non-hydrogen) atoms. The van der Waals surface area contributed by atoms with Gasteiger partial charge in [0.05, 0.1) is 5.41 Å². The number of hydrogen-bond donors (Lipinski definition) is 4. The second-order valence-corrected chi connectivity index (χ2v) is 4.97. The number of aliphatic carboxylic acids is 1. The Labute approximate surface area is 113 Å². The van der Waals surface area contributed by atoms with Crippen LogP contribution in [0.2, 0.25) is 0 Å². The highest BCUT2D eigenvalue weighted by atomic mass is 16.4. The average Bonchev–Trinajstić information content (AvgIpc) is 2.34. The van der Waals surface area contributed by atoms with Gasteiger partial charge < -0.3 is 21.1 Å². The zero-order valence-corrected chi connectivity index (χ0v) is 11.9. The minimum absolute atomic E-state index is 0.122. The maximum Gasteiger partial charge on any atom is 0.326 e. The van der Waals surface area contributed by atoms with Crippen molar-refractivity contribution in [2.24, 2.45) is 5.41 Å². The van der Waals surface area contributed by atoms with Crippen LogP contribution in [0, 0.1) is 5.41 Å². The summed E-state index contributed by atoms with van der Waals surface area (Å²) in [5.74, 6) is -1.27. The fraction of sp³-hybridized carbons (Fsp3) is 0.750. The van der Waals surface area contributed by atoms with E-state index >= 15 is 0 Å². The Morgan fingerprint density at radius 1 is 1.26 bits per heavy atom. The lowest BCUT2D eigenvalue weighted by atomic mass is 9.92. The molecule has 0 saturated heterocycles. The summed E-state index contributed by atoms with van der Waals surface area (Å²) in [6.07, 6.45) is 1.02. The molecular weight excluding hydrogens is 250 g/mol. The molecule has 0 spiro atoms. The fourth-order valence-electron chi connectivity index (χ4n) is 1.48. The molecule has 0 aliphatic rings. The van der Waals surface area contributed by atoms with Crippen molar-refractivity contribution in [1.29, 1.82) is 0 Å². The SMILES string of the molecule is CCCC(NC(=O)NCC(C)(C)C(=O)NC)C(=O)O. The van der Waals surface area contributed by atoms with Gasteiger partial charge >= 0.3 is 12.0 Å². The first-order valence-electron chi connectivity index (χ1n) is 6.24. The van der Waals surface area contributed by atoms with Crippen molar-refractivity contribution in [2.75, 3.05) is 13.6 Å². The van der Waals surface area contributed by atoms with Gasteiger partial charge in [-0.15, -0.1) is 0 Å². The molecule has 0 bridgehead atoms.